The minimum absolute atomic E-state index is 0.237. The topological polar surface area (TPSA) is 141 Å². The van der Waals surface area contributed by atoms with E-state index >= 15 is 0 Å². The fraction of sp³-hybridized carbons (Fsp3) is 0.750. The van der Waals surface area contributed by atoms with Crippen molar-refractivity contribution in [1.82, 2.24) is 0 Å². The summed E-state index contributed by atoms with van der Waals surface area (Å²) in [5.41, 5.74) is -0.817. The number of esters is 5. The molecule has 0 rings (SSSR count). The van der Waals surface area contributed by atoms with Gasteiger partial charge in [0.05, 0.1) is 0 Å². The van der Waals surface area contributed by atoms with Gasteiger partial charge in [-0.2, -0.15) is 0 Å². The molecule has 0 aromatic heterocycles. The Morgan fingerprint density at radius 1 is 0.656 bits per heavy atom. The molecule has 0 spiro atoms. The van der Waals surface area contributed by atoms with Gasteiger partial charge in [-0.1, -0.05) is 6.92 Å². The SMILES string of the molecule is CCO[C@H](SCC)[C@@H](OC(C)=O)[C@H](OC(C)=O)[C@H](OC(C)=O)[C@H](COC(C)=O)OC(C)=O. The van der Waals surface area contributed by atoms with Crippen molar-refractivity contribution in [3.63, 3.8) is 0 Å². The van der Waals surface area contributed by atoms with E-state index in [4.69, 9.17) is 28.4 Å². The van der Waals surface area contributed by atoms with Gasteiger partial charge in [-0.05, 0) is 12.7 Å². The highest BCUT2D eigenvalue weighted by Gasteiger charge is 2.47. The van der Waals surface area contributed by atoms with E-state index in [1.54, 1.807) is 6.92 Å². The van der Waals surface area contributed by atoms with Crippen LogP contribution >= 0.6 is 11.8 Å². The molecule has 0 fully saturated rings. The monoisotopic (exact) mass is 480 g/mol. The van der Waals surface area contributed by atoms with Crippen molar-refractivity contribution in [1.29, 1.82) is 0 Å². The highest BCUT2D eigenvalue weighted by molar-refractivity contribution is 7.99. The summed E-state index contributed by atoms with van der Waals surface area (Å²) in [5.74, 6) is -3.19. The lowest BCUT2D eigenvalue weighted by atomic mass is 10.0. The van der Waals surface area contributed by atoms with Crippen LogP contribution in [0.4, 0.5) is 0 Å². The van der Waals surface area contributed by atoms with E-state index in [0.29, 0.717) is 5.75 Å². The maximum Gasteiger partial charge on any atom is 0.303 e. The molecule has 0 saturated carbocycles. The van der Waals surface area contributed by atoms with Gasteiger partial charge in [0.1, 0.15) is 12.0 Å². The van der Waals surface area contributed by atoms with E-state index in [-0.39, 0.29) is 6.61 Å². The zero-order valence-electron chi connectivity index (χ0n) is 19.4. The zero-order valence-corrected chi connectivity index (χ0v) is 20.2. The lowest BCUT2D eigenvalue weighted by Gasteiger charge is -2.37. The largest absolute Gasteiger partial charge is 0.462 e. The molecule has 0 amide bonds. The fourth-order valence-electron chi connectivity index (χ4n) is 2.70. The Morgan fingerprint density at radius 2 is 1.12 bits per heavy atom. The molecule has 0 aliphatic heterocycles. The quantitative estimate of drug-likeness (QED) is 0.201. The number of thioether (sulfide) groups is 1. The second-order valence-electron chi connectivity index (χ2n) is 6.45. The summed E-state index contributed by atoms with van der Waals surface area (Å²) in [6, 6.07) is 0. The van der Waals surface area contributed by atoms with Crippen molar-refractivity contribution < 1.29 is 52.4 Å². The molecule has 12 heteroatoms. The Labute approximate surface area is 191 Å². The van der Waals surface area contributed by atoms with Crippen LogP contribution in [0.15, 0.2) is 0 Å². The maximum absolute atomic E-state index is 11.9. The van der Waals surface area contributed by atoms with E-state index in [1.165, 1.54) is 11.8 Å². The van der Waals surface area contributed by atoms with Crippen LogP contribution in [0.3, 0.4) is 0 Å². The normalized spacial score (nSPS) is 15.3. The molecular weight excluding hydrogens is 448 g/mol. The smallest absolute Gasteiger partial charge is 0.303 e. The molecule has 0 aromatic rings. The molecule has 0 unspecified atom stereocenters. The van der Waals surface area contributed by atoms with Crippen LogP contribution in [0.1, 0.15) is 48.5 Å². The molecule has 184 valence electrons. The van der Waals surface area contributed by atoms with Crippen molar-refractivity contribution >= 4 is 41.6 Å². The molecule has 0 radical (unpaired) electrons. The minimum Gasteiger partial charge on any atom is -0.462 e. The molecule has 0 heterocycles. The highest BCUT2D eigenvalue weighted by atomic mass is 32.2. The van der Waals surface area contributed by atoms with E-state index in [1.807, 2.05) is 6.92 Å². The van der Waals surface area contributed by atoms with Gasteiger partial charge >= 0.3 is 29.8 Å². The van der Waals surface area contributed by atoms with Crippen molar-refractivity contribution in [2.45, 2.75) is 78.3 Å². The van der Waals surface area contributed by atoms with Gasteiger partial charge in [-0.15, -0.1) is 11.8 Å². The number of hydrogen-bond acceptors (Lipinski definition) is 12. The van der Waals surface area contributed by atoms with Crippen LogP contribution in [0, 0.1) is 0 Å². The molecule has 11 nitrogen and oxygen atoms in total. The average Bonchev–Trinajstić information content (AvgIpc) is 2.65. The fourth-order valence-corrected chi connectivity index (χ4v) is 3.66. The lowest BCUT2D eigenvalue weighted by Crippen LogP contribution is -2.56. The molecule has 32 heavy (non-hydrogen) atoms. The van der Waals surface area contributed by atoms with Crippen molar-refractivity contribution in [3.8, 4) is 0 Å². The van der Waals surface area contributed by atoms with E-state index in [9.17, 15) is 24.0 Å². The molecule has 0 aromatic carbocycles. The first-order chi connectivity index (χ1) is 14.9. The van der Waals surface area contributed by atoms with Crippen LogP contribution < -0.4 is 0 Å². The summed E-state index contributed by atoms with van der Waals surface area (Å²) < 4.78 is 32.0. The number of rotatable bonds is 14. The molecule has 5 atom stereocenters. The van der Waals surface area contributed by atoms with Crippen molar-refractivity contribution in [2.75, 3.05) is 19.0 Å². The Morgan fingerprint density at radius 3 is 1.53 bits per heavy atom. The van der Waals surface area contributed by atoms with Crippen LogP contribution in [-0.2, 0) is 52.4 Å². The van der Waals surface area contributed by atoms with Gasteiger partial charge in [0.15, 0.2) is 24.4 Å². The summed E-state index contributed by atoms with van der Waals surface area (Å²) in [7, 11) is 0. The number of carbonyl (C=O) groups excluding carboxylic acids is 5. The molecule has 0 saturated heterocycles. The van der Waals surface area contributed by atoms with Gasteiger partial charge in [0, 0.05) is 41.2 Å². The summed E-state index contributed by atoms with van der Waals surface area (Å²) in [5, 5.41) is 0. The summed E-state index contributed by atoms with van der Waals surface area (Å²) >= 11 is 1.26. The molecule has 0 N–H and O–H groups in total. The second kappa shape index (κ2) is 15.5. The van der Waals surface area contributed by atoms with Crippen LogP contribution in [0.5, 0.6) is 0 Å². The van der Waals surface area contributed by atoms with Crippen LogP contribution in [0.2, 0.25) is 0 Å². The van der Waals surface area contributed by atoms with Gasteiger partial charge in [-0.3, -0.25) is 24.0 Å². The first-order valence-electron chi connectivity index (χ1n) is 9.98. The van der Waals surface area contributed by atoms with E-state index in [2.05, 4.69) is 0 Å². The molecule has 0 aliphatic rings. The van der Waals surface area contributed by atoms with Gasteiger partial charge in [0.25, 0.3) is 0 Å². The third kappa shape index (κ3) is 11.9. The van der Waals surface area contributed by atoms with E-state index in [0.717, 1.165) is 34.6 Å². The maximum atomic E-state index is 11.9. The molecule has 0 aliphatic carbocycles. The standard InChI is InChI=1S/C20H32O11S/c1-8-26-20(32-9-2)19(31-15(7)25)18(30-14(6)24)17(29-13(5)23)16(28-12(4)22)10-27-11(3)21/h16-20H,8-10H2,1-7H3/t16-,17+,18+,19-,20+/m0/s1. The van der Waals surface area contributed by atoms with Crippen LogP contribution in [0.25, 0.3) is 0 Å². The average molecular weight is 481 g/mol. The third-order valence-electron chi connectivity index (χ3n) is 3.62. The number of ether oxygens (including phenoxy) is 6. The van der Waals surface area contributed by atoms with E-state index < -0.39 is 66.3 Å². The highest BCUT2D eigenvalue weighted by Crippen LogP contribution is 2.28. The van der Waals surface area contributed by atoms with Gasteiger partial charge < -0.3 is 28.4 Å². The molecular formula is C20H32O11S. The number of carbonyl (C=O) groups is 5. The van der Waals surface area contributed by atoms with Gasteiger partial charge in [0.2, 0.25) is 0 Å². The zero-order chi connectivity index (χ0) is 24.8. The van der Waals surface area contributed by atoms with Crippen molar-refractivity contribution in [3.05, 3.63) is 0 Å². The number of hydrogen-bond donors (Lipinski definition) is 0. The molecule has 0 bridgehead atoms. The predicted octanol–water partition coefficient (Wildman–Crippen LogP) is 1.39. The summed E-state index contributed by atoms with van der Waals surface area (Å²) in [6.45, 7) is 8.90. The summed E-state index contributed by atoms with van der Waals surface area (Å²) in [6.07, 6.45) is -5.54. The van der Waals surface area contributed by atoms with Crippen LogP contribution in [-0.4, -0.2) is 78.7 Å². The Bertz CT molecular complexity index is 645. The second-order valence-corrected chi connectivity index (χ2v) is 7.83. The minimum atomic E-state index is -1.48. The Hall–Kier alpha value is -2.34. The lowest BCUT2D eigenvalue weighted by molar-refractivity contribution is -0.208. The first kappa shape index (κ1) is 29.7. The Kier molecular flexibility index (Phi) is 14.3. The summed E-state index contributed by atoms with van der Waals surface area (Å²) in [4.78, 5) is 58.7. The predicted molar refractivity (Wildman–Crippen MR) is 112 cm³/mol. The first-order valence-corrected chi connectivity index (χ1v) is 11.0. The van der Waals surface area contributed by atoms with Crippen molar-refractivity contribution in [2.24, 2.45) is 0 Å². The third-order valence-corrected chi connectivity index (χ3v) is 4.68. The Balaban J connectivity index is 6.51. The van der Waals surface area contributed by atoms with Gasteiger partial charge in [-0.25, -0.2) is 0 Å².